The maximum Gasteiger partial charge on any atom is 0.261 e. The quantitative estimate of drug-likeness (QED) is 0.658. The summed E-state index contributed by atoms with van der Waals surface area (Å²) in [6.07, 6.45) is 0. The van der Waals surface area contributed by atoms with Gasteiger partial charge < -0.3 is 10.1 Å². The van der Waals surface area contributed by atoms with Crippen molar-refractivity contribution < 1.29 is 22.3 Å². The van der Waals surface area contributed by atoms with E-state index in [9.17, 15) is 17.6 Å². The van der Waals surface area contributed by atoms with E-state index in [1.807, 2.05) is 0 Å². The van der Waals surface area contributed by atoms with Crippen LogP contribution in [0.5, 0.6) is 5.75 Å². The van der Waals surface area contributed by atoms with E-state index in [1.54, 1.807) is 24.3 Å². The predicted molar refractivity (Wildman–Crippen MR) is 105 cm³/mol. The summed E-state index contributed by atoms with van der Waals surface area (Å²) in [4.78, 5) is 12.3. The maximum absolute atomic E-state index is 13.0. The molecular formula is C20H17FN2O4S. The zero-order valence-electron chi connectivity index (χ0n) is 14.8. The second kappa shape index (κ2) is 8.10. The molecule has 0 radical (unpaired) electrons. The minimum absolute atomic E-state index is 0.0613. The minimum atomic E-state index is -3.85. The first kappa shape index (κ1) is 19.4. The van der Waals surface area contributed by atoms with E-state index >= 15 is 0 Å². The second-order valence-corrected chi connectivity index (χ2v) is 7.51. The van der Waals surface area contributed by atoms with E-state index in [1.165, 1.54) is 43.5 Å². The molecule has 0 aliphatic rings. The Kier molecular flexibility index (Phi) is 5.60. The Bertz CT molecular complexity index is 1080. The standard InChI is InChI=1S/C20H17FN2O4S/c1-27-18-4-2-3-17(13-18)22-20(24)14-5-9-16(10-6-14)23-28(25,26)19-11-7-15(21)8-12-19/h2-13,23H,1H3,(H,22,24). The Morgan fingerprint density at radius 1 is 0.929 bits per heavy atom. The van der Waals surface area contributed by atoms with Gasteiger partial charge in [-0.2, -0.15) is 0 Å². The molecular weight excluding hydrogens is 383 g/mol. The Balaban J connectivity index is 1.70. The summed E-state index contributed by atoms with van der Waals surface area (Å²) in [6, 6.07) is 17.4. The maximum atomic E-state index is 13.0. The molecule has 28 heavy (non-hydrogen) atoms. The molecule has 0 spiro atoms. The molecule has 0 bridgehead atoms. The third-order valence-electron chi connectivity index (χ3n) is 3.85. The van der Waals surface area contributed by atoms with Crippen LogP contribution in [0.1, 0.15) is 10.4 Å². The first-order chi connectivity index (χ1) is 13.4. The van der Waals surface area contributed by atoms with Gasteiger partial charge in [0.15, 0.2) is 0 Å². The van der Waals surface area contributed by atoms with Crippen LogP contribution in [0.3, 0.4) is 0 Å². The zero-order chi connectivity index (χ0) is 20.1. The number of benzene rings is 3. The van der Waals surface area contributed by atoms with Crippen molar-refractivity contribution >= 4 is 27.3 Å². The van der Waals surface area contributed by atoms with Crippen LogP contribution in [-0.2, 0) is 10.0 Å². The van der Waals surface area contributed by atoms with Crippen molar-refractivity contribution in [3.8, 4) is 5.75 Å². The molecule has 3 rings (SSSR count). The van der Waals surface area contributed by atoms with E-state index in [0.29, 0.717) is 17.0 Å². The number of anilines is 2. The molecule has 0 heterocycles. The van der Waals surface area contributed by atoms with Gasteiger partial charge >= 0.3 is 0 Å². The van der Waals surface area contributed by atoms with Gasteiger partial charge in [0.25, 0.3) is 15.9 Å². The number of ether oxygens (including phenoxy) is 1. The lowest BCUT2D eigenvalue weighted by Crippen LogP contribution is -2.14. The van der Waals surface area contributed by atoms with Crippen LogP contribution >= 0.6 is 0 Å². The predicted octanol–water partition coefficient (Wildman–Crippen LogP) is 3.89. The Labute approximate surface area is 162 Å². The number of sulfonamides is 1. The first-order valence-corrected chi connectivity index (χ1v) is 9.69. The fourth-order valence-electron chi connectivity index (χ4n) is 2.42. The number of methoxy groups -OCH3 is 1. The van der Waals surface area contributed by atoms with Crippen LogP contribution in [0, 0.1) is 5.82 Å². The number of carbonyl (C=O) groups excluding carboxylic acids is 1. The lowest BCUT2D eigenvalue weighted by Gasteiger charge is -2.10. The van der Waals surface area contributed by atoms with Gasteiger partial charge in [-0.1, -0.05) is 6.07 Å². The van der Waals surface area contributed by atoms with Gasteiger partial charge in [-0.25, -0.2) is 12.8 Å². The largest absolute Gasteiger partial charge is 0.497 e. The van der Waals surface area contributed by atoms with Gasteiger partial charge in [0.1, 0.15) is 11.6 Å². The van der Waals surface area contributed by atoms with Gasteiger partial charge in [0.05, 0.1) is 12.0 Å². The number of carbonyl (C=O) groups is 1. The number of rotatable bonds is 6. The Hall–Kier alpha value is -3.39. The molecule has 0 atom stereocenters. The molecule has 8 heteroatoms. The van der Waals surface area contributed by atoms with Crippen molar-refractivity contribution in [2.45, 2.75) is 4.90 Å². The normalized spacial score (nSPS) is 10.9. The molecule has 0 saturated heterocycles. The van der Waals surface area contributed by atoms with Crippen molar-refractivity contribution in [1.29, 1.82) is 0 Å². The average molecular weight is 400 g/mol. The van der Waals surface area contributed by atoms with Crippen molar-refractivity contribution in [2.75, 3.05) is 17.1 Å². The molecule has 144 valence electrons. The number of nitrogens with one attached hydrogen (secondary N) is 2. The summed E-state index contributed by atoms with van der Waals surface area (Å²) in [5, 5.41) is 2.74. The van der Waals surface area contributed by atoms with Crippen LogP contribution in [-0.4, -0.2) is 21.4 Å². The van der Waals surface area contributed by atoms with E-state index in [0.717, 1.165) is 12.1 Å². The van der Waals surface area contributed by atoms with Crippen molar-refractivity contribution in [3.05, 3.63) is 84.2 Å². The fraction of sp³-hybridized carbons (Fsp3) is 0.0500. The third kappa shape index (κ3) is 4.66. The average Bonchev–Trinajstić information content (AvgIpc) is 2.68. The fourth-order valence-corrected chi connectivity index (χ4v) is 3.48. The smallest absolute Gasteiger partial charge is 0.261 e. The highest BCUT2D eigenvalue weighted by molar-refractivity contribution is 7.92. The molecule has 2 N–H and O–H groups in total. The summed E-state index contributed by atoms with van der Waals surface area (Å²) in [5.41, 5.74) is 1.21. The summed E-state index contributed by atoms with van der Waals surface area (Å²) >= 11 is 0. The summed E-state index contributed by atoms with van der Waals surface area (Å²) in [5.74, 6) is -0.255. The lowest BCUT2D eigenvalue weighted by molar-refractivity contribution is 0.102. The van der Waals surface area contributed by atoms with E-state index in [-0.39, 0.29) is 16.5 Å². The third-order valence-corrected chi connectivity index (χ3v) is 5.25. The number of amides is 1. The van der Waals surface area contributed by atoms with Gasteiger partial charge in [-0.15, -0.1) is 0 Å². The number of hydrogen-bond donors (Lipinski definition) is 2. The molecule has 1 amide bonds. The molecule has 0 unspecified atom stereocenters. The van der Waals surface area contributed by atoms with Crippen LogP contribution in [0.2, 0.25) is 0 Å². The topological polar surface area (TPSA) is 84.5 Å². The van der Waals surface area contributed by atoms with Crippen molar-refractivity contribution in [2.24, 2.45) is 0 Å². The first-order valence-electron chi connectivity index (χ1n) is 8.21. The molecule has 0 aliphatic carbocycles. The monoisotopic (exact) mass is 400 g/mol. The highest BCUT2D eigenvalue weighted by atomic mass is 32.2. The molecule has 0 aromatic heterocycles. The van der Waals surface area contributed by atoms with Gasteiger partial charge in [-0.05, 0) is 60.7 Å². The summed E-state index contributed by atoms with van der Waals surface area (Å²) in [7, 11) is -2.32. The zero-order valence-corrected chi connectivity index (χ0v) is 15.7. The molecule has 0 saturated carbocycles. The Morgan fingerprint density at radius 3 is 2.25 bits per heavy atom. The molecule has 3 aromatic carbocycles. The second-order valence-electron chi connectivity index (χ2n) is 5.82. The molecule has 6 nitrogen and oxygen atoms in total. The van der Waals surface area contributed by atoms with Crippen LogP contribution in [0.4, 0.5) is 15.8 Å². The van der Waals surface area contributed by atoms with Crippen molar-refractivity contribution in [3.63, 3.8) is 0 Å². The minimum Gasteiger partial charge on any atom is -0.497 e. The van der Waals surface area contributed by atoms with Crippen molar-refractivity contribution in [1.82, 2.24) is 0 Å². The van der Waals surface area contributed by atoms with E-state index < -0.39 is 15.8 Å². The van der Waals surface area contributed by atoms with Crippen LogP contribution in [0.25, 0.3) is 0 Å². The lowest BCUT2D eigenvalue weighted by atomic mass is 10.2. The summed E-state index contributed by atoms with van der Waals surface area (Å²) < 4.78 is 45.1. The van der Waals surface area contributed by atoms with E-state index in [4.69, 9.17) is 4.74 Å². The van der Waals surface area contributed by atoms with Gasteiger partial charge in [0.2, 0.25) is 0 Å². The molecule has 0 fully saturated rings. The van der Waals surface area contributed by atoms with Gasteiger partial charge in [-0.3, -0.25) is 9.52 Å². The highest BCUT2D eigenvalue weighted by Gasteiger charge is 2.14. The number of hydrogen-bond acceptors (Lipinski definition) is 4. The SMILES string of the molecule is COc1cccc(NC(=O)c2ccc(NS(=O)(=O)c3ccc(F)cc3)cc2)c1. The van der Waals surface area contributed by atoms with E-state index in [2.05, 4.69) is 10.0 Å². The number of halogens is 1. The summed E-state index contributed by atoms with van der Waals surface area (Å²) in [6.45, 7) is 0. The Morgan fingerprint density at radius 2 is 1.61 bits per heavy atom. The van der Waals surface area contributed by atoms with Gasteiger partial charge in [0, 0.05) is 23.0 Å². The van der Waals surface area contributed by atoms with Crippen LogP contribution < -0.4 is 14.8 Å². The highest BCUT2D eigenvalue weighted by Crippen LogP contribution is 2.19. The van der Waals surface area contributed by atoms with Crippen LogP contribution in [0.15, 0.2) is 77.7 Å². The molecule has 3 aromatic rings. The molecule has 0 aliphatic heterocycles.